The van der Waals surface area contributed by atoms with E-state index in [0.717, 1.165) is 17.1 Å². The van der Waals surface area contributed by atoms with Crippen molar-refractivity contribution in [1.82, 2.24) is 4.57 Å². The van der Waals surface area contributed by atoms with Crippen LogP contribution < -0.4 is 4.90 Å². The molecule has 0 amide bonds. The highest BCUT2D eigenvalue weighted by atomic mass is 32.1. The van der Waals surface area contributed by atoms with Crippen LogP contribution in [0.2, 0.25) is 0 Å². The molecule has 3 heterocycles. The first-order chi connectivity index (χ1) is 24.8. The van der Waals surface area contributed by atoms with Gasteiger partial charge in [-0.3, -0.25) is 0 Å². The molecule has 0 bridgehead atoms. The molecule has 0 aliphatic carbocycles. The second kappa shape index (κ2) is 10.8. The summed E-state index contributed by atoms with van der Waals surface area (Å²) in [5, 5.41) is 10.5. The summed E-state index contributed by atoms with van der Waals surface area (Å²) >= 11 is 3.83. The van der Waals surface area contributed by atoms with Crippen LogP contribution in [0.1, 0.15) is 0 Å². The van der Waals surface area contributed by atoms with Crippen LogP contribution in [-0.2, 0) is 0 Å². The van der Waals surface area contributed by atoms with Gasteiger partial charge in [-0.1, -0.05) is 103 Å². The lowest BCUT2D eigenvalue weighted by Gasteiger charge is -2.27. The Bertz CT molecular complexity index is 2960. The molecule has 11 rings (SSSR count). The Morgan fingerprint density at radius 3 is 1.54 bits per heavy atom. The van der Waals surface area contributed by atoms with Gasteiger partial charge in [-0.05, 0) is 72.1 Å². The van der Waals surface area contributed by atoms with E-state index in [1.165, 1.54) is 78.6 Å². The third-order valence-electron chi connectivity index (χ3n) is 10.2. The number of nitrogens with zero attached hydrogens (tertiary/aromatic N) is 2. The number of para-hydroxylation sites is 1. The predicted molar refractivity (Wildman–Crippen MR) is 219 cm³/mol. The maximum absolute atomic E-state index is 2.48. The summed E-state index contributed by atoms with van der Waals surface area (Å²) in [5.41, 5.74) is 7.05. The molecule has 234 valence electrons. The van der Waals surface area contributed by atoms with Gasteiger partial charge in [0.05, 0.1) is 16.7 Å². The molecule has 4 heteroatoms. The number of benzene rings is 8. The van der Waals surface area contributed by atoms with Crippen LogP contribution in [0.3, 0.4) is 0 Å². The molecule has 2 nitrogen and oxygen atoms in total. The van der Waals surface area contributed by atoms with Gasteiger partial charge in [-0.2, -0.15) is 0 Å². The summed E-state index contributed by atoms with van der Waals surface area (Å²) in [4.78, 5) is 2.37. The number of hydrogen-bond donors (Lipinski definition) is 0. The highest BCUT2D eigenvalue weighted by Gasteiger charge is 2.22. The van der Waals surface area contributed by atoms with Crippen molar-refractivity contribution in [3.8, 4) is 5.69 Å². The summed E-state index contributed by atoms with van der Waals surface area (Å²) < 4.78 is 7.87. The van der Waals surface area contributed by atoms with Crippen LogP contribution in [-0.4, -0.2) is 4.57 Å². The van der Waals surface area contributed by atoms with Crippen LogP contribution in [0.25, 0.3) is 78.6 Å². The highest BCUT2D eigenvalue weighted by molar-refractivity contribution is 7.28. The quantitative estimate of drug-likeness (QED) is 0.181. The van der Waals surface area contributed by atoms with E-state index in [1.807, 2.05) is 22.7 Å². The molecule has 0 atom stereocenters. The molecule has 3 aromatic heterocycles. The van der Waals surface area contributed by atoms with E-state index in [-0.39, 0.29) is 0 Å². The van der Waals surface area contributed by atoms with E-state index >= 15 is 0 Å². The molecule has 0 radical (unpaired) electrons. The fourth-order valence-corrected chi connectivity index (χ4v) is 10.5. The van der Waals surface area contributed by atoms with Crippen molar-refractivity contribution >= 4 is 113 Å². The van der Waals surface area contributed by atoms with Gasteiger partial charge in [-0.15, -0.1) is 22.7 Å². The van der Waals surface area contributed by atoms with Crippen LogP contribution in [0.4, 0.5) is 17.1 Å². The fourth-order valence-electron chi connectivity index (χ4n) is 7.98. The first kappa shape index (κ1) is 28.0. The van der Waals surface area contributed by atoms with Crippen LogP contribution in [0.15, 0.2) is 170 Å². The van der Waals surface area contributed by atoms with Crippen molar-refractivity contribution in [3.63, 3.8) is 0 Å². The lowest BCUT2D eigenvalue weighted by atomic mass is 10.1. The number of anilines is 3. The number of fused-ring (bicyclic) bond motifs is 12. The van der Waals surface area contributed by atoms with Crippen LogP contribution >= 0.6 is 22.7 Å². The summed E-state index contributed by atoms with van der Waals surface area (Å²) in [6.07, 6.45) is 0. The number of thiophene rings is 2. The van der Waals surface area contributed by atoms with Gasteiger partial charge in [0.1, 0.15) is 0 Å². The molecule has 0 saturated heterocycles. The molecule has 11 aromatic rings. The first-order valence-electron chi connectivity index (χ1n) is 16.9. The SMILES string of the molecule is c1ccc(N(c2ccc(-n3c4ccc5c6ccccc6sc5c4c4c5sc6ccccc6c5ccc43)cc2)c2cccc3ccccc23)cc1. The summed E-state index contributed by atoms with van der Waals surface area (Å²) in [7, 11) is 0. The van der Waals surface area contributed by atoms with Gasteiger partial charge in [0.25, 0.3) is 0 Å². The third kappa shape index (κ3) is 4.01. The molecule has 50 heavy (non-hydrogen) atoms. The minimum atomic E-state index is 1.12. The number of hydrogen-bond acceptors (Lipinski definition) is 3. The second-order valence-electron chi connectivity index (χ2n) is 12.9. The van der Waals surface area contributed by atoms with Crippen LogP contribution in [0, 0.1) is 0 Å². The van der Waals surface area contributed by atoms with Crippen molar-refractivity contribution in [2.45, 2.75) is 0 Å². The largest absolute Gasteiger partial charge is 0.310 e. The summed E-state index contributed by atoms with van der Waals surface area (Å²) in [6, 6.07) is 62.1. The Hall–Kier alpha value is -5.94. The van der Waals surface area contributed by atoms with Gasteiger partial charge in [0.15, 0.2) is 0 Å². The van der Waals surface area contributed by atoms with Gasteiger partial charge >= 0.3 is 0 Å². The fraction of sp³-hybridized carbons (Fsp3) is 0. The molecular formula is C46H28N2S2. The highest BCUT2D eigenvalue weighted by Crippen LogP contribution is 2.48. The van der Waals surface area contributed by atoms with E-state index in [4.69, 9.17) is 0 Å². The molecule has 0 fully saturated rings. The molecule has 0 aliphatic rings. The minimum absolute atomic E-state index is 1.12. The monoisotopic (exact) mass is 672 g/mol. The Balaban J connectivity index is 1.18. The number of aromatic nitrogens is 1. The molecule has 0 unspecified atom stereocenters. The minimum Gasteiger partial charge on any atom is -0.310 e. The van der Waals surface area contributed by atoms with Gasteiger partial charge in [-0.25, -0.2) is 0 Å². The topological polar surface area (TPSA) is 8.17 Å². The second-order valence-corrected chi connectivity index (χ2v) is 15.0. The van der Waals surface area contributed by atoms with Crippen LogP contribution in [0.5, 0.6) is 0 Å². The zero-order valence-corrected chi connectivity index (χ0v) is 28.5. The Kier molecular flexibility index (Phi) is 6.03. The van der Waals surface area contributed by atoms with Crippen molar-refractivity contribution in [2.75, 3.05) is 4.90 Å². The number of rotatable bonds is 4. The Morgan fingerprint density at radius 1 is 0.380 bits per heavy atom. The Morgan fingerprint density at radius 2 is 0.900 bits per heavy atom. The first-order valence-corrected chi connectivity index (χ1v) is 18.6. The molecule has 0 N–H and O–H groups in total. The molecule has 0 spiro atoms. The standard InChI is InChI=1S/C46H28N2S2/c1-2-13-30(14-3-1)47(38-18-10-12-29-11-4-5-15-33(29)38)31-21-23-32(24-22-31)48-39-27-25-36-34-16-6-8-19-41(34)49-45(36)43(39)44-40(48)28-26-37-35-17-7-9-20-42(35)50-46(37)44/h1-28H. The van der Waals surface area contributed by atoms with Crippen molar-refractivity contribution in [1.29, 1.82) is 0 Å². The molecule has 0 aliphatic heterocycles. The Labute approximate surface area is 296 Å². The van der Waals surface area contributed by atoms with Crippen molar-refractivity contribution in [2.24, 2.45) is 0 Å². The van der Waals surface area contributed by atoms with E-state index in [9.17, 15) is 0 Å². The lowest BCUT2D eigenvalue weighted by Crippen LogP contribution is -2.10. The van der Waals surface area contributed by atoms with E-state index in [0.29, 0.717) is 0 Å². The smallest absolute Gasteiger partial charge is 0.0556 e. The third-order valence-corrected chi connectivity index (χ3v) is 12.6. The average molecular weight is 673 g/mol. The summed E-state index contributed by atoms with van der Waals surface area (Å²) in [5.74, 6) is 0. The zero-order chi connectivity index (χ0) is 32.8. The van der Waals surface area contributed by atoms with Gasteiger partial charge < -0.3 is 9.47 Å². The average Bonchev–Trinajstić information content (AvgIpc) is 3.85. The lowest BCUT2D eigenvalue weighted by molar-refractivity contribution is 1.18. The normalized spacial score (nSPS) is 12.0. The predicted octanol–water partition coefficient (Wildman–Crippen LogP) is 14.1. The maximum Gasteiger partial charge on any atom is 0.0556 e. The zero-order valence-electron chi connectivity index (χ0n) is 26.9. The molecule has 0 saturated carbocycles. The van der Waals surface area contributed by atoms with Crippen molar-refractivity contribution in [3.05, 3.63) is 170 Å². The molecular weight excluding hydrogens is 645 g/mol. The van der Waals surface area contributed by atoms with E-state index in [1.54, 1.807) is 0 Å². The van der Waals surface area contributed by atoms with Gasteiger partial charge in [0.2, 0.25) is 0 Å². The molecule has 8 aromatic carbocycles. The van der Waals surface area contributed by atoms with Gasteiger partial charge in [0, 0.05) is 73.6 Å². The summed E-state index contributed by atoms with van der Waals surface area (Å²) in [6.45, 7) is 0. The van der Waals surface area contributed by atoms with Crippen molar-refractivity contribution < 1.29 is 0 Å². The maximum atomic E-state index is 2.48. The van der Waals surface area contributed by atoms with E-state index in [2.05, 4.69) is 179 Å². The van der Waals surface area contributed by atoms with E-state index < -0.39 is 0 Å².